The molecule has 0 N–H and O–H groups in total. The quantitative estimate of drug-likeness (QED) is 0.478. The number of imide groups is 1. The number of hydrogen-bond acceptors (Lipinski definition) is 5. The Hall–Kier alpha value is -3.68. The van der Waals surface area contributed by atoms with Crippen LogP contribution in [0.5, 0.6) is 5.75 Å². The number of fused-ring (bicyclic) bond motifs is 1. The molecule has 2 heterocycles. The fraction of sp³-hybridized carbons (Fsp3) is 0.360. The van der Waals surface area contributed by atoms with Crippen LogP contribution in [0, 0.1) is 0 Å². The molecule has 2 aromatic rings. The van der Waals surface area contributed by atoms with Crippen molar-refractivity contribution in [3.63, 3.8) is 0 Å². The maximum absolute atomic E-state index is 13.0. The molecule has 2 aliphatic heterocycles. The third-order valence-corrected chi connectivity index (χ3v) is 6.06. The zero-order valence-electron chi connectivity index (χ0n) is 18.6. The minimum atomic E-state index is -0.894. The highest BCUT2D eigenvalue weighted by atomic mass is 16.5. The van der Waals surface area contributed by atoms with E-state index in [2.05, 4.69) is 0 Å². The van der Waals surface area contributed by atoms with Gasteiger partial charge in [0.2, 0.25) is 11.8 Å². The van der Waals surface area contributed by atoms with Crippen LogP contribution in [0.4, 0.5) is 0 Å². The largest absolute Gasteiger partial charge is 0.494 e. The van der Waals surface area contributed by atoms with Gasteiger partial charge in [-0.1, -0.05) is 30.3 Å². The Labute approximate surface area is 192 Å². The lowest BCUT2D eigenvalue weighted by molar-refractivity contribution is -0.141. The molecule has 1 atom stereocenters. The molecule has 8 nitrogen and oxygen atoms in total. The van der Waals surface area contributed by atoms with E-state index in [0.29, 0.717) is 56.8 Å². The molecule has 33 heavy (non-hydrogen) atoms. The van der Waals surface area contributed by atoms with Crippen LogP contribution in [0.2, 0.25) is 0 Å². The van der Waals surface area contributed by atoms with Gasteiger partial charge in [0.15, 0.2) is 0 Å². The number of ether oxygens (including phenoxy) is 1. The summed E-state index contributed by atoms with van der Waals surface area (Å²) in [6, 6.07) is 15.2. The second-order valence-corrected chi connectivity index (χ2v) is 8.17. The monoisotopic (exact) mass is 449 g/mol. The molecule has 1 fully saturated rings. The van der Waals surface area contributed by atoms with Gasteiger partial charge in [0.05, 0.1) is 17.7 Å². The summed E-state index contributed by atoms with van der Waals surface area (Å²) in [6.07, 6.45) is 0.996. The van der Waals surface area contributed by atoms with E-state index < -0.39 is 17.9 Å². The number of hydrogen-bond donors (Lipinski definition) is 0. The molecular weight excluding hydrogens is 422 g/mol. The Kier molecular flexibility index (Phi) is 6.72. The van der Waals surface area contributed by atoms with Crippen molar-refractivity contribution in [2.75, 3.05) is 32.8 Å². The second-order valence-electron chi connectivity index (χ2n) is 8.17. The molecule has 0 spiro atoms. The molecule has 0 aliphatic carbocycles. The molecule has 8 heteroatoms. The van der Waals surface area contributed by atoms with E-state index in [0.717, 1.165) is 10.6 Å². The number of rotatable bonds is 7. The van der Waals surface area contributed by atoms with Gasteiger partial charge in [0.25, 0.3) is 11.8 Å². The summed E-state index contributed by atoms with van der Waals surface area (Å²) in [5, 5.41) is 0. The SMILES string of the molecule is CC(C(=O)N1CCN(C(=O)CCCOc2ccccc2)CC1)N1C(=O)c2ccccc2C1=O. The first-order valence-electron chi connectivity index (χ1n) is 11.2. The van der Waals surface area contributed by atoms with Crippen LogP contribution in [0.25, 0.3) is 0 Å². The van der Waals surface area contributed by atoms with Crippen molar-refractivity contribution in [3.8, 4) is 5.75 Å². The highest BCUT2D eigenvalue weighted by Crippen LogP contribution is 2.25. The van der Waals surface area contributed by atoms with E-state index in [-0.39, 0.29) is 11.8 Å². The normalized spacial score (nSPS) is 16.6. The van der Waals surface area contributed by atoms with Crippen molar-refractivity contribution in [3.05, 3.63) is 65.7 Å². The lowest BCUT2D eigenvalue weighted by atomic mass is 10.1. The summed E-state index contributed by atoms with van der Waals surface area (Å²) in [5.74, 6) is -0.352. The summed E-state index contributed by atoms with van der Waals surface area (Å²) in [7, 11) is 0. The molecule has 1 unspecified atom stereocenters. The maximum Gasteiger partial charge on any atom is 0.262 e. The molecule has 172 valence electrons. The van der Waals surface area contributed by atoms with E-state index in [4.69, 9.17) is 4.74 Å². The van der Waals surface area contributed by atoms with Gasteiger partial charge in [-0.3, -0.25) is 24.1 Å². The van der Waals surface area contributed by atoms with Crippen molar-refractivity contribution < 1.29 is 23.9 Å². The number of para-hydroxylation sites is 1. The number of piperazine rings is 1. The van der Waals surface area contributed by atoms with E-state index in [1.807, 2.05) is 30.3 Å². The van der Waals surface area contributed by atoms with Crippen LogP contribution in [0.1, 0.15) is 40.5 Å². The summed E-state index contributed by atoms with van der Waals surface area (Å²) >= 11 is 0. The Balaban J connectivity index is 1.24. The van der Waals surface area contributed by atoms with Crippen molar-refractivity contribution in [2.24, 2.45) is 0 Å². The van der Waals surface area contributed by atoms with Crippen LogP contribution >= 0.6 is 0 Å². The Bertz CT molecular complexity index is 1010. The van der Waals surface area contributed by atoms with Gasteiger partial charge in [0.1, 0.15) is 11.8 Å². The number of benzene rings is 2. The van der Waals surface area contributed by atoms with Crippen LogP contribution in [0.15, 0.2) is 54.6 Å². The van der Waals surface area contributed by atoms with Crippen molar-refractivity contribution in [2.45, 2.75) is 25.8 Å². The van der Waals surface area contributed by atoms with Crippen LogP contribution in [0.3, 0.4) is 0 Å². The third-order valence-electron chi connectivity index (χ3n) is 6.06. The average molecular weight is 450 g/mol. The first-order chi connectivity index (χ1) is 16.0. The lowest BCUT2D eigenvalue weighted by Crippen LogP contribution is -2.56. The zero-order chi connectivity index (χ0) is 23.4. The van der Waals surface area contributed by atoms with Gasteiger partial charge in [-0.25, -0.2) is 0 Å². The summed E-state index contributed by atoms with van der Waals surface area (Å²) in [6.45, 7) is 3.65. The summed E-state index contributed by atoms with van der Waals surface area (Å²) in [4.78, 5) is 55.3. The predicted octanol–water partition coefficient (Wildman–Crippen LogP) is 2.20. The second kappa shape index (κ2) is 9.85. The highest BCUT2D eigenvalue weighted by Gasteiger charge is 2.42. The molecule has 1 saturated heterocycles. The van der Waals surface area contributed by atoms with E-state index in [1.165, 1.54) is 0 Å². The van der Waals surface area contributed by atoms with Gasteiger partial charge in [-0.15, -0.1) is 0 Å². The number of nitrogens with zero attached hydrogens (tertiary/aromatic N) is 3. The summed E-state index contributed by atoms with van der Waals surface area (Å²) in [5.41, 5.74) is 0.655. The average Bonchev–Trinajstić information content (AvgIpc) is 3.11. The van der Waals surface area contributed by atoms with Crippen LogP contribution in [-0.2, 0) is 9.59 Å². The molecule has 2 aliphatic rings. The first kappa shape index (κ1) is 22.5. The van der Waals surface area contributed by atoms with E-state index >= 15 is 0 Å². The third kappa shape index (κ3) is 4.74. The topological polar surface area (TPSA) is 87.2 Å². The Morgan fingerprint density at radius 2 is 1.39 bits per heavy atom. The lowest BCUT2D eigenvalue weighted by Gasteiger charge is -2.37. The van der Waals surface area contributed by atoms with Crippen molar-refractivity contribution in [1.29, 1.82) is 0 Å². The van der Waals surface area contributed by atoms with Gasteiger partial charge < -0.3 is 14.5 Å². The summed E-state index contributed by atoms with van der Waals surface area (Å²) < 4.78 is 5.62. The van der Waals surface area contributed by atoms with E-state index in [9.17, 15) is 19.2 Å². The Morgan fingerprint density at radius 3 is 2.00 bits per heavy atom. The van der Waals surface area contributed by atoms with Crippen molar-refractivity contribution in [1.82, 2.24) is 14.7 Å². The molecular formula is C25H27N3O5. The molecule has 0 radical (unpaired) electrons. The van der Waals surface area contributed by atoms with Gasteiger partial charge in [-0.2, -0.15) is 0 Å². The Morgan fingerprint density at radius 1 is 0.848 bits per heavy atom. The van der Waals surface area contributed by atoms with Gasteiger partial charge >= 0.3 is 0 Å². The molecule has 0 aromatic heterocycles. The number of carbonyl (C=O) groups excluding carboxylic acids is 4. The minimum absolute atomic E-state index is 0.0344. The fourth-order valence-electron chi connectivity index (χ4n) is 4.20. The first-order valence-corrected chi connectivity index (χ1v) is 11.2. The molecule has 4 rings (SSSR count). The van der Waals surface area contributed by atoms with Gasteiger partial charge in [0, 0.05) is 32.6 Å². The molecule has 2 aromatic carbocycles. The number of amides is 4. The molecule has 4 amide bonds. The molecule has 0 saturated carbocycles. The predicted molar refractivity (Wildman–Crippen MR) is 121 cm³/mol. The van der Waals surface area contributed by atoms with Crippen LogP contribution in [-0.4, -0.2) is 77.2 Å². The van der Waals surface area contributed by atoms with E-state index in [1.54, 1.807) is 41.0 Å². The standard InChI is InChI=1S/C25H27N3O5/c1-18(28-24(31)20-10-5-6-11-21(20)25(28)32)23(30)27-15-13-26(14-16-27)22(29)12-7-17-33-19-8-3-2-4-9-19/h2-6,8-11,18H,7,12-17H2,1H3. The van der Waals surface area contributed by atoms with Gasteiger partial charge in [-0.05, 0) is 37.6 Å². The maximum atomic E-state index is 13.0. The van der Waals surface area contributed by atoms with Crippen molar-refractivity contribution >= 4 is 23.6 Å². The zero-order valence-corrected chi connectivity index (χ0v) is 18.6. The fourth-order valence-corrected chi connectivity index (χ4v) is 4.20. The van der Waals surface area contributed by atoms with Crippen LogP contribution < -0.4 is 4.74 Å². The highest BCUT2D eigenvalue weighted by molar-refractivity contribution is 6.22. The number of carbonyl (C=O) groups is 4. The smallest absolute Gasteiger partial charge is 0.262 e. The minimum Gasteiger partial charge on any atom is -0.494 e. The molecule has 0 bridgehead atoms.